The summed E-state index contributed by atoms with van der Waals surface area (Å²) >= 11 is 0. The van der Waals surface area contributed by atoms with E-state index in [9.17, 15) is 4.79 Å². The molecule has 5 heteroatoms. The first-order valence-electron chi connectivity index (χ1n) is 8.34. The van der Waals surface area contributed by atoms with Gasteiger partial charge in [-0.1, -0.05) is 30.7 Å². The van der Waals surface area contributed by atoms with Crippen molar-refractivity contribution in [3.8, 4) is 0 Å². The van der Waals surface area contributed by atoms with E-state index in [0.29, 0.717) is 13.2 Å². The molecule has 1 aliphatic heterocycles. The second-order valence-corrected chi connectivity index (χ2v) is 6.54. The van der Waals surface area contributed by atoms with E-state index in [1.807, 2.05) is 0 Å². The lowest BCUT2D eigenvalue weighted by atomic mass is 9.66. The van der Waals surface area contributed by atoms with Gasteiger partial charge in [0.15, 0.2) is 0 Å². The fourth-order valence-corrected chi connectivity index (χ4v) is 3.65. The first kappa shape index (κ1) is 18.2. The number of hydrogen-bond acceptors (Lipinski definition) is 3. The van der Waals surface area contributed by atoms with E-state index in [0.717, 1.165) is 38.6 Å². The number of methoxy groups -OCH3 is 1. The molecule has 1 aromatic carbocycles. The molecular weight excluding hydrogens is 312 g/mol. The molecule has 1 saturated carbocycles. The van der Waals surface area contributed by atoms with Crippen LogP contribution in [0.1, 0.15) is 42.9 Å². The van der Waals surface area contributed by atoms with Gasteiger partial charge in [-0.2, -0.15) is 0 Å². The third-order valence-electron chi connectivity index (χ3n) is 5.26. The molecule has 0 spiro atoms. The molecule has 0 saturated heterocycles. The van der Waals surface area contributed by atoms with Crippen LogP contribution in [0.25, 0.3) is 0 Å². The van der Waals surface area contributed by atoms with Crippen molar-refractivity contribution in [1.29, 1.82) is 0 Å². The van der Waals surface area contributed by atoms with Gasteiger partial charge < -0.3 is 15.4 Å². The molecule has 0 bridgehead atoms. The van der Waals surface area contributed by atoms with Crippen LogP contribution in [0.5, 0.6) is 0 Å². The average Bonchev–Trinajstić information content (AvgIpc) is 2.52. The molecule has 0 radical (unpaired) electrons. The lowest BCUT2D eigenvalue weighted by Gasteiger charge is -2.40. The number of carbonyl (C=O) groups excluding carboxylic acids is 1. The Balaban J connectivity index is 0.00000192. The van der Waals surface area contributed by atoms with E-state index in [1.54, 1.807) is 7.11 Å². The number of amides is 1. The maximum Gasteiger partial charge on any atom is 0.226 e. The van der Waals surface area contributed by atoms with Gasteiger partial charge in [0.2, 0.25) is 5.91 Å². The minimum atomic E-state index is -0.176. The van der Waals surface area contributed by atoms with Gasteiger partial charge in [0, 0.05) is 26.3 Å². The first-order valence-corrected chi connectivity index (χ1v) is 8.34. The predicted octanol–water partition coefficient (Wildman–Crippen LogP) is 2.62. The number of ether oxygens (including phenoxy) is 1. The summed E-state index contributed by atoms with van der Waals surface area (Å²) in [6.45, 7) is 2.31. The molecule has 3 rings (SSSR count). The molecule has 2 N–H and O–H groups in total. The van der Waals surface area contributed by atoms with Crippen molar-refractivity contribution < 1.29 is 9.53 Å². The normalized spacial score (nSPS) is 21.5. The lowest BCUT2D eigenvalue weighted by molar-refractivity contribution is -0.137. The smallest absolute Gasteiger partial charge is 0.226 e. The van der Waals surface area contributed by atoms with Gasteiger partial charge >= 0.3 is 0 Å². The number of carbonyl (C=O) groups is 1. The van der Waals surface area contributed by atoms with Crippen molar-refractivity contribution >= 4 is 18.3 Å². The molecule has 1 unspecified atom stereocenters. The minimum Gasteiger partial charge on any atom is -0.385 e. The van der Waals surface area contributed by atoms with Gasteiger partial charge in [0.1, 0.15) is 0 Å². The quantitative estimate of drug-likeness (QED) is 0.838. The van der Waals surface area contributed by atoms with Crippen LogP contribution in [0.2, 0.25) is 0 Å². The number of hydrogen-bond donors (Lipinski definition) is 2. The number of benzene rings is 1. The summed E-state index contributed by atoms with van der Waals surface area (Å²) < 4.78 is 5.17. The summed E-state index contributed by atoms with van der Waals surface area (Å²) in [6, 6.07) is 8.76. The van der Waals surface area contributed by atoms with Crippen molar-refractivity contribution in [3.63, 3.8) is 0 Å². The fraction of sp³-hybridized carbons (Fsp3) is 0.611. The summed E-state index contributed by atoms with van der Waals surface area (Å²) in [4.78, 5) is 12.6. The topological polar surface area (TPSA) is 50.4 Å². The van der Waals surface area contributed by atoms with Crippen LogP contribution in [0, 0.1) is 5.41 Å². The van der Waals surface area contributed by atoms with Gasteiger partial charge in [-0.3, -0.25) is 4.79 Å². The van der Waals surface area contributed by atoms with Crippen LogP contribution in [0.3, 0.4) is 0 Å². The average molecular weight is 339 g/mol. The molecule has 0 aromatic heterocycles. The van der Waals surface area contributed by atoms with Gasteiger partial charge in [-0.15, -0.1) is 12.4 Å². The predicted molar refractivity (Wildman–Crippen MR) is 93.9 cm³/mol. The minimum absolute atomic E-state index is 0. The van der Waals surface area contributed by atoms with E-state index in [4.69, 9.17) is 4.74 Å². The highest BCUT2D eigenvalue weighted by Gasteiger charge is 2.43. The Morgan fingerprint density at radius 2 is 2.17 bits per heavy atom. The number of nitrogens with one attached hydrogen (secondary N) is 2. The van der Waals surface area contributed by atoms with Crippen LogP contribution >= 0.6 is 12.4 Å². The maximum atomic E-state index is 12.6. The van der Waals surface area contributed by atoms with E-state index in [1.165, 1.54) is 11.1 Å². The molecule has 128 valence electrons. The van der Waals surface area contributed by atoms with Crippen LogP contribution in [-0.4, -0.2) is 32.7 Å². The first-order chi connectivity index (χ1) is 10.7. The number of halogens is 1. The third kappa shape index (κ3) is 3.87. The Bertz CT molecular complexity index is 532. The summed E-state index contributed by atoms with van der Waals surface area (Å²) in [5.41, 5.74) is 2.55. The number of fused-ring (bicyclic) bond motifs is 1. The summed E-state index contributed by atoms with van der Waals surface area (Å²) in [7, 11) is 1.70. The maximum absolute atomic E-state index is 12.6. The Morgan fingerprint density at radius 1 is 1.39 bits per heavy atom. The van der Waals surface area contributed by atoms with Crippen LogP contribution < -0.4 is 10.6 Å². The molecule has 1 atom stereocenters. The van der Waals surface area contributed by atoms with Crippen molar-refractivity contribution in [3.05, 3.63) is 35.4 Å². The van der Waals surface area contributed by atoms with Gasteiger partial charge in [-0.25, -0.2) is 0 Å². The fourth-order valence-electron chi connectivity index (χ4n) is 3.65. The van der Waals surface area contributed by atoms with Crippen molar-refractivity contribution in [2.45, 2.75) is 38.1 Å². The summed E-state index contributed by atoms with van der Waals surface area (Å²) in [5.74, 6) is 0.209. The van der Waals surface area contributed by atoms with Crippen molar-refractivity contribution in [2.24, 2.45) is 5.41 Å². The zero-order chi connectivity index (χ0) is 15.4. The SMILES string of the molecule is COCCC1(C(=O)NCC2NCCc3ccccc32)CCC1.Cl. The highest BCUT2D eigenvalue weighted by atomic mass is 35.5. The molecule has 1 aliphatic carbocycles. The third-order valence-corrected chi connectivity index (χ3v) is 5.26. The van der Waals surface area contributed by atoms with Gasteiger partial charge in [0.05, 0.1) is 5.41 Å². The molecule has 1 aromatic rings. The summed E-state index contributed by atoms with van der Waals surface area (Å²) in [6.07, 6.45) is 5.05. The highest BCUT2D eigenvalue weighted by Crippen LogP contribution is 2.44. The monoisotopic (exact) mass is 338 g/mol. The number of rotatable bonds is 6. The molecule has 1 heterocycles. The Labute approximate surface area is 144 Å². The van der Waals surface area contributed by atoms with E-state index >= 15 is 0 Å². The Kier molecular flexibility index (Phi) is 6.45. The summed E-state index contributed by atoms with van der Waals surface area (Å²) in [5, 5.41) is 6.71. The largest absolute Gasteiger partial charge is 0.385 e. The zero-order valence-corrected chi connectivity index (χ0v) is 14.6. The second-order valence-electron chi connectivity index (χ2n) is 6.54. The molecule has 23 heavy (non-hydrogen) atoms. The highest BCUT2D eigenvalue weighted by molar-refractivity contribution is 5.85. The van der Waals surface area contributed by atoms with Crippen molar-refractivity contribution in [1.82, 2.24) is 10.6 Å². The van der Waals surface area contributed by atoms with Gasteiger partial charge in [-0.05, 0) is 43.4 Å². The Hall–Kier alpha value is -1.10. The molecule has 2 aliphatic rings. The second kappa shape index (κ2) is 8.13. The van der Waals surface area contributed by atoms with E-state index in [2.05, 4.69) is 34.9 Å². The zero-order valence-electron chi connectivity index (χ0n) is 13.8. The standard InChI is InChI=1S/C18H26N2O2.ClH/c1-22-12-10-18(8-4-9-18)17(21)20-13-16-15-6-3-2-5-14(15)7-11-19-16;/h2-3,5-6,16,19H,4,7-13H2,1H3,(H,20,21);1H. The van der Waals surface area contributed by atoms with E-state index in [-0.39, 0.29) is 29.8 Å². The van der Waals surface area contributed by atoms with Crippen molar-refractivity contribution in [2.75, 3.05) is 26.8 Å². The molecular formula is C18H27ClN2O2. The Morgan fingerprint density at radius 3 is 2.87 bits per heavy atom. The van der Waals surface area contributed by atoms with Crippen LogP contribution in [-0.2, 0) is 16.0 Å². The van der Waals surface area contributed by atoms with E-state index < -0.39 is 0 Å². The van der Waals surface area contributed by atoms with Gasteiger partial charge in [0.25, 0.3) is 0 Å². The van der Waals surface area contributed by atoms with Crippen LogP contribution in [0.15, 0.2) is 24.3 Å². The molecule has 1 amide bonds. The molecule has 1 fully saturated rings. The molecule has 4 nitrogen and oxygen atoms in total. The lowest BCUT2D eigenvalue weighted by Crippen LogP contribution is -2.49. The van der Waals surface area contributed by atoms with Crippen LogP contribution in [0.4, 0.5) is 0 Å².